The molecule has 2 aromatic carbocycles. The van der Waals surface area contributed by atoms with Crippen LogP contribution in [-0.2, 0) is 13.1 Å². The number of anilines is 2. The summed E-state index contributed by atoms with van der Waals surface area (Å²) in [5.41, 5.74) is 1.33. The Morgan fingerprint density at radius 1 is 0.657 bits per heavy atom. The van der Waals surface area contributed by atoms with Crippen LogP contribution in [0.2, 0.25) is 0 Å². The molecule has 35 heavy (non-hydrogen) atoms. The molecule has 10 heteroatoms. The van der Waals surface area contributed by atoms with Gasteiger partial charge in [0.05, 0.1) is 7.11 Å². The third-order valence-electron chi connectivity index (χ3n) is 4.54. The summed E-state index contributed by atoms with van der Waals surface area (Å²) in [4.78, 5) is 7.29. The first-order valence-electron chi connectivity index (χ1n) is 10.3. The summed E-state index contributed by atoms with van der Waals surface area (Å²) in [6.07, 6.45) is 0. The third kappa shape index (κ3) is 7.95. The number of hydrogen-bond donors (Lipinski definition) is 2. The molecule has 2 heterocycles. The standard InChI is InChI=1S/C13H12F2N2O.C12H9F3N2/c1-18-12-6-5-11(15)13(17-12)16-8-9-3-2-4-10(14)7-9;13-9-3-1-2-8(6-9)7-16-12-10(14)4-5-11(15)17-12/h2-7H,8H2,1H3,(H,16,17);1-6H,7H2,(H,16,17). The smallest absolute Gasteiger partial charge is 0.215 e. The van der Waals surface area contributed by atoms with Crippen LogP contribution in [-0.4, -0.2) is 17.1 Å². The summed E-state index contributed by atoms with van der Waals surface area (Å²) in [7, 11) is 1.45. The lowest BCUT2D eigenvalue weighted by molar-refractivity contribution is 0.396. The van der Waals surface area contributed by atoms with Crippen LogP contribution in [0.5, 0.6) is 5.88 Å². The molecule has 0 spiro atoms. The lowest BCUT2D eigenvalue weighted by atomic mass is 10.2. The number of pyridine rings is 2. The Hall–Kier alpha value is -4.21. The van der Waals surface area contributed by atoms with Crippen molar-refractivity contribution in [2.75, 3.05) is 17.7 Å². The van der Waals surface area contributed by atoms with Gasteiger partial charge in [-0.1, -0.05) is 24.3 Å². The maximum atomic E-state index is 13.4. The lowest BCUT2D eigenvalue weighted by Crippen LogP contribution is -2.04. The molecule has 0 aliphatic rings. The Kier molecular flexibility index (Phi) is 8.94. The zero-order valence-electron chi connectivity index (χ0n) is 18.5. The van der Waals surface area contributed by atoms with E-state index < -0.39 is 17.6 Å². The SMILES string of the molecule is COc1ccc(F)c(NCc2cccc(F)c2)n1.Fc1cccc(CNc2nc(F)ccc2F)c1. The number of ether oxygens (including phenoxy) is 1. The molecule has 0 saturated carbocycles. The fourth-order valence-electron chi connectivity index (χ4n) is 2.87. The van der Waals surface area contributed by atoms with E-state index in [1.165, 1.54) is 43.5 Å². The molecule has 0 amide bonds. The quantitative estimate of drug-likeness (QED) is 0.244. The average molecular weight is 488 g/mol. The van der Waals surface area contributed by atoms with Gasteiger partial charge in [0.1, 0.15) is 11.6 Å². The van der Waals surface area contributed by atoms with E-state index in [0.717, 1.165) is 12.1 Å². The molecule has 0 aliphatic carbocycles. The summed E-state index contributed by atoms with van der Waals surface area (Å²) in [5, 5.41) is 5.40. The van der Waals surface area contributed by atoms with E-state index in [4.69, 9.17) is 4.74 Å². The summed E-state index contributed by atoms with van der Waals surface area (Å²) in [5.74, 6) is -2.39. The van der Waals surface area contributed by atoms with E-state index in [2.05, 4.69) is 20.6 Å². The first-order chi connectivity index (χ1) is 16.8. The number of benzene rings is 2. The number of methoxy groups -OCH3 is 1. The molecule has 0 saturated heterocycles. The van der Waals surface area contributed by atoms with Crippen LogP contribution in [0.4, 0.5) is 33.6 Å². The first kappa shape index (κ1) is 25.4. The highest BCUT2D eigenvalue weighted by molar-refractivity contribution is 5.40. The van der Waals surface area contributed by atoms with E-state index >= 15 is 0 Å². The Labute approximate surface area is 198 Å². The van der Waals surface area contributed by atoms with Crippen molar-refractivity contribution in [3.8, 4) is 5.88 Å². The van der Waals surface area contributed by atoms with Gasteiger partial charge in [-0.3, -0.25) is 0 Å². The largest absolute Gasteiger partial charge is 0.481 e. The van der Waals surface area contributed by atoms with Crippen LogP contribution >= 0.6 is 0 Å². The topological polar surface area (TPSA) is 59.1 Å². The fraction of sp³-hybridized carbons (Fsp3) is 0.120. The number of nitrogens with zero attached hydrogens (tertiary/aromatic N) is 2. The number of rotatable bonds is 7. The molecule has 0 bridgehead atoms. The normalized spacial score (nSPS) is 10.2. The molecule has 0 atom stereocenters. The Morgan fingerprint density at radius 2 is 1.17 bits per heavy atom. The van der Waals surface area contributed by atoms with Gasteiger partial charge < -0.3 is 15.4 Å². The lowest BCUT2D eigenvalue weighted by Gasteiger charge is -2.08. The van der Waals surface area contributed by atoms with Crippen LogP contribution < -0.4 is 15.4 Å². The second-order valence-corrected chi connectivity index (χ2v) is 7.12. The van der Waals surface area contributed by atoms with Crippen molar-refractivity contribution in [1.82, 2.24) is 9.97 Å². The summed E-state index contributed by atoms with van der Waals surface area (Å²) in [6.45, 7) is 0.458. The second kappa shape index (κ2) is 12.3. The van der Waals surface area contributed by atoms with Gasteiger partial charge in [0.25, 0.3) is 0 Å². The van der Waals surface area contributed by atoms with Crippen LogP contribution in [0.3, 0.4) is 0 Å². The van der Waals surface area contributed by atoms with Gasteiger partial charge >= 0.3 is 0 Å². The minimum Gasteiger partial charge on any atom is -0.481 e. The molecule has 0 radical (unpaired) electrons. The molecule has 5 nitrogen and oxygen atoms in total. The predicted octanol–water partition coefficient (Wildman–Crippen LogP) is 6.09. The molecule has 2 N–H and O–H groups in total. The van der Waals surface area contributed by atoms with Gasteiger partial charge in [-0.15, -0.1) is 0 Å². The molecule has 0 fully saturated rings. The molecule has 2 aromatic heterocycles. The molecular weight excluding hydrogens is 467 g/mol. The maximum absolute atomic E-state index is 13.4. The summed E-state index contributed by atoms with van der Waals surface area (Å²) >= 11 is 0. The summed E-state index contributed by atoms with van der Waals surface area (Å²) in [6, 6.07) is 16.5. The van der Waals surface area contributed by atoms with Crippen molar-refractivity contribution < 1.29 is 26.7 Å². The van der Waals surface area contributed by atoms with Crippen molar-refractivity contribution in [3.63, 3.8) is 0 Å². The minimum absolute atomic E-state index is 0.0820. The van der Waals surface area contributed by atoms with Crippen molar-refractivity contribution in [1.29, 1.82) is 0 Å². The monoisotopic (exact) mass is 488 g/mol. The van der Waals surface area contributed by atoms with Crippen LogP contribution in [0.25, 0.3) is 0 Å². The molecular formula is C25H21F5N4O. The van der Waals surface area contributed by atoms with Crippen LogP contribution in [0.15, 0.2) is 72.8 Å². The zero-order valence-corrected chi connectivity index (χ0v) is 18.5. The van der Waals surface area contributed by atoms with E-state index in [-0.39, 0.29) is 36.4 Å². The second-order valence-electron chi connectivity index (χ2n) is 7.12. The number of nitrogens with one attached hydrogen (secondary N) is 2. The van der Waals surface area contributed by atoms with Crippen molar-refractivity contribution in [3.05, 3.63) is 113 Å². The number of aromatic nitrogens is 2. The molecule has 4 aromatic rings. The van der Waals surface area contributed by atoms with Crippen molar-refractivity contribution >= 4 is 11.6 Å². The van der Waals surface area contributed by atoms with Gasteiger partial charge in [-0.25, -0.2) is 17.6 Å². The Balaban J connectivity index is 0.000000196. The first-order valence-corrected chi connectivity index (χ1v) is 10.3. The van der Waals surface area contributed by atoms with Gasteiger partial charge in [-0.05, 0) is 53.6 Å². The Morgan fingerprint density at radius 3 is 1.69 bits per heavy atom. The number of halogens is 5. The minimum atomic E-state index is -0.770. The summed E-state index contributed by atoms with van der Waals surface area (Å²) < 4.78 is 70.1. The maximum Gasteiger partial charge on any atom is 0.215 e. The average Bonchev–Trinajstić information content (AvgIpc) is 2.85. The van der Waals surface area contributed by atoms with E-state index in [9.17, 15) is 22.0 Å². The van der Waals surface area contributed by atoms with Gasteiger partial charge in [0.2, 0.25) is 11.8 Å². The van der Waals surface area contributed by atoms with Crippen molar-refractivity contribution in [2.45, 2.75) is 13.1 Å². The highest BCUT2D eigenvalue weighted by Gasteiger charge is 2.06. The fourth-order valence-corrected chi connectivity index (χ4v) is 2.87. The van der Waals surface area contributed by atoms with E-state index in [1.807, 2.05) is 0 Å². The molecule has 0 aliphatic heterocycles. The molecule has 4 rings (SSSR count). The zero-order chi connectivity index (χ0) is 25.2. The Bertz CT molecular complexity index is 1270. The molecule has 0 unspecified atom stereocenters. The van der Waals surface area contributed by atoms with Crippen molar-refractivity contribution in [2.24, 2.45) is 0 Å². The van der Waals surface area contributed by atoms with Gasteiger partial charge in [-0.2, -0.15) is 14.4 Å². The van der Waals surface area contributed by atoms with Crippen LogP contribution in [0.1, 0.15) is 11.1 Å². The van der Waals surface area contributed by atoms with Gasteiger partial charge in [0, 0.05) is 19.2 Å². The van der Waals surface area contributed by atoms with Gasteiger partial charge in [0.15, 0.2) is 23.3 Å². The third-order valence-corrected chi connectivity index (χ3v) is 4.54. The van der Waals surface area contributed by atoms with E-state index in [1.54, 1.807) is 24.3 Å². The predicted molar refractivity (Wildman–Crippen MR) is 122 cm³/mol. The highest BCUT2D eigenvalue weighted by atomic mass is 19.1. The molecule has 182 valence electrons. The van der Waals surface area contributed by atoms with E-state index in [0.29, 0.717) is 17.0 Å². The highest BCUT2D eigenvalue weighted by Crippen LogP contribution is 2.17. The van der Waals surface area contributed by atoms with Crippen LogP contribution in [0, 0.1) is 29.2 Å². The number of hydrogen-bond acceptors (Lipinski definition) is 5.